The Bertz CT molecular complexity index is 239. The Morgan fingerprint density at radius 1 is 1.67 bits per heavy atom. The monoisotopic (exact) mass is 223 g/mol. The predicted octanol–water partition coefficient (Wildman–Crippen LogP) is -4.40. The third kappa shape index (κ3) is 8.78. The van der Waals surface area contributed by atoms with Crippen molar-refractivity contribution in [1.82, 2.24) is 0 Å². The molecular weight excluding hydrogens is 217 g/mol. The number of carboxylic acid groups (broad SMARTS) is 1. The molecule has 0 saturated carbocycles. The number of hydrogen-bond acceptors (Lipinski definition) is 6. The summed E-state index contributed by atoms with van der Waals surface area (Å²) >= 11 is 0. The average Bonchev–Trinajstić information content (AvgIpc) is 1.80. The molecule has 0 aliphatic rings. The zero-order chi connectivity index (χ0) is 9.07. The van der Waals surface area contributed by atoms with E-state index in [0.717, 1.165) is 0 Å². The van der Waals surface area contributed by atoms with E-state index in [2.05, 4.69) is 0 Å². The Balaban J connectivity index is 0. The molecule has 0 aromatic carbocycles. The summed E-state index contributed by atoms with van der Waals surface area (Å²) in [6.07, 6.45) is 0. The topological polar surface area (TPSA) is 121 Å². The normalized spacial score (nSPS) is 13.2. The van der Waals surface area contributed by atoms with Gasteiger partial charge in [-0.05, 0) is 10.8 Å². The number of carboxylic acids is 1. The summed E-state index contributed by atoms with van der Waals surface area (Å²) in [7, 11) is -4.45. The summed E-state index contributed by atoms with van der Waals surface area (Å²) in [6.45, 7) is 0. The maximum atomic E-state index is 9.98. The molecule has 12 heavy (non-hydrogen) atoms. The van der Waals surface area contributed by atoms with Crippen molar-refractivity contribution in [2.75, 3.05) is 5.75 Å². The van der Waals surface area contributed by atoms with Gasteiger partial charge in [0.2, 0.25) is 0 Å². The molecule has 0 bridgehead atoms. The van der Waals surface area contributed by atoms with Gasteiger partial charge in [-0.1, -0.05) is 0 Å². The smallest absolute Gasteiger partial charge is 0.739 e. The van der Waals surface area contributed by atoms with Crippen molar-refractivity contribution in [3.05, 3.63) is 0 Å². The minimum atomic E-state index is -4.43. The van der Waals surface area contributed by atoms with Crippen molar-refractivity contribution in [3.8, 4) is 0 Å². The number of aliphatic carboxylic acids is 1. The molecule has 0 spiro atoms. The molecule has 3 N–H and O–H groups in total. The van der Waals surface area contributed by atoms with Gasteiger partial charge in [-0.15, -0.1) is 0 Å². The van der Waals surface area contributed by atoms with Crippen molar-refractivity contribution < 1.29 is 52.4 Å². The second-order valence-corrected chi connectivity index (χ2v) is 4.95. The van der Waals surface area contributed by atoms with Crippen LogP contribution in [0.5, 0.6) is 0 Å². The van der Waals surface area contributed by atoms with Crippen molar-refractivity contribution in [2.24, 2.45) is 5.73 Å². The SMILES string of the molecule is N[C@@H](CSS(=O)(=O)[O-])C(=O)O.[Na+]. The molecule has 1 atom stereocenters. The van der Waals surface area contributed by atoms with Gasteiger partial charge in [-0.25, -0.2) is 8.42 Å². The average molecular weight is 223 g/mol. The molecule has 0 fully saturated rings. The molecule has 0 unspecified atom stereocenters. The minimum Gasteiger partial charge on any atom is -0.739 e. The predicted molar refractivity (Wildman–Crippen MR) is 37.8 cm³/mol. The standard InChI is InChI=1S/C3H7NO5S2.Na/c4-2(3(5)6)1-10-11(7,8)9;/h2H,1,4H2,(H,5,6)(H,7,8,9);/q;+1/p-1/t2-;/m0./s1. The van der Waals surface area contributed by atoms with Gasteiger partial charge in [-0.3, -0.25) is 4.79 Å². The van der Waals surface area contributed by atoms with Crippen LogP contribution in [0.3, 0.4) is 0 Å². The summed E-state index contributed by atoms with van der Waals surface area (Å²) in [5.74, 6) is -1.76. The van der Waals surface area contributed by atoms with Crippen LogP contribution in [0, 0.1) is 0 Å². The fraction of sp³-hybridized carbons (Fsp3) is 0.667. The quantitative estimate of drug-likeness (QED) is 0.280. The maximum Gasteiger partial charge on any atom is 1.00 e. The van der Waals surface area contributed by atoms with E-state index in [4.69, 9.17) is 10.8 Å². The summed E-state index contributed by atoms with van der Waals surface area (Å²) in [5.41, 5.74) is 4.90. The molecule has 0 heterocycles. The summed E-state index contributed by atoms with van der Waals surface area (Å²) < 4.78 is 29.8. The molecule has 0 radical (unpaired) electrons. The van der Waals surface area contributed by atoms with E-state index < -0.39 is 26.9 Å². The zero-order valence-corrected chi connectivity index (χ0v) is 9.89. The van der Waals surface area contributed by atoms with Crippen LogP contribution in [0.25, 0.3) is 0 Å². The number of hydrogen-bond donors (Lipinski definition) is 2. The van der Waals surface area contributed by atoms with E-state index in [1.165, 1.54) is 0 Å². The fourth-order valence-corrected chi connectivity index (χ4v) is 1.62. The summed E-state index contributed by atoms with van der Waals surface area (Å²) in [6, 6.07) is -1.32. The fourth-order valence-electron chi connectivity index (χ4n) is 0.228. The molecule has 0 amide bonds. The largest absolute Gasteiger partial charge is 1.00 e. The van der Waals surface area contributed by atoms with Gasteiger partial charge < -0.3 is 15.4 Å². The number of carbonyl (C=O) groups is 1. The molecule has 0 saturated heterocycles. The van der Waals surface area contributed by atoms with Crippen LogP contribution in [-0.4, -0.2) is 35.8 Å². The van der Waals surface area contributed by atoms with Crippen LogP contribution in [0.4, 0.5) is 0 Å². The molecule has 6 nitrogen and oxygen atoms in total. The number of rotatable bonds is 4. The molecule has 0 aromatic heterocycles. The summed E-state index contributed by atoms with van der Waals surface area (Å²) in [5, 5.41) is 8.14. The Morgan fingerprint density at radius 3 is 2.33 bits per heavy atom. The van der Waals surface area contributed by atoms with Crippen molar-refractivity contribution in [3.63, 3.8) is 0 Å². The first-order valence-corrected chi connectivity index (χ1v) is 5.32. The van der Waals surface area contributed by atoms with Gasteiger partial charge in [-0.2, -0.15) is 0 Å². The van der Waals surface area contributed by atoms with Crippen LogP contribution in [0.15, 0.2) is 0 Å². The molecule has 0 aliphatic carbocycles. The Morgan fingerprint density at radius 2 is 2.08 bits per heavy atom. The molecule has 0 aliphatic heterocycles. The minimum absolute atomic E-state index is 0. The van der Waals surface area contributed by atoms with Gasteiger partial charge in [0, 0.05) is 5.75 Å². The first-order chi connectivity index (χ1) is 4.83. The van der Waals surface area contributed by atoms with E-state index in [1.54, 1.807) is 0 Å². The summed E-state index contributed by atoms with van der Waals surface area (Å²) in [4.78, 5) is 9.98. The van der Waals surface area contributed by atoms with Gasteiger partial charge in [0.05, 0.1) is 0 Å². The molecule has 66 valence electrons. The third-order valence-corrected chi connectivity index (χ3v) is 2.77. The number of nitrogens with two attached hydrogens (primary N) is 1. The first kappa shape index (κ1) is 15.2. The van der Waals surface area contributed by atoms with Crippen LogP contribution in [0.1, 0.15) is 0 Å². The van der Waals surface area contributed by atoms with Crippen molar-refractivity contribution in [2.45, 2.75) is 6.04 Å². The zero-order valence-electron chi connectivity index (χ0n) is 6.26. The Kier molecular flexibility index (Phi) is 7.83. The van der Waals surface area contributed by atoms with E-state index >= 15 is 0 Å². The molecule has 9 heteroatoms. The van der Waals surface area contributed by atoms with Gasteiger partial charge in [0.25, 0.3) is 0 Å². The van der Waals surface area contributed by atoms with Crippen LogP contribution < -0.4 is 35.3 Å². The molecular formula is C3H6NNaO5S2. The van der Waals surface area contributed by atoms with Crippen LogP contribution in [0.2, 0.25) is 0 Å². The van der Waals surface area contributed by atoms with Crippen molar-refractivity contribution in [1.29, 1.82) is 0 Å². The van der Waals surface area contributed by atoms with Gasteiger partial charge >= 0.3 is 35.5 Å². The van der Waals surface area contributed by atoms with Gasteiger partial charge in [0.1, 0.15) is 15.2 Å². The second-order valence-electron chi connectivity index (χ2n) is 1.64. The third-order valence-electron chi connectivity index (χ3n) is 0.709. The molecule has 0 aromatic rings. The Labute approximate surface area is 95.3 Å². The Hall–Kier alpha value is 0.690. The van der Waals surface area contributed by atoms with Crippen LogP contribution >= 0.6 is 10.8 Å². The van der Waals surface area contributed by atoms with E-state index in [1.807, 2.05) is 0 Å². The van der Waals surface area contributed by atoms with E-state index in [0.29, 0.717) is 0 Å². The maximum absolute atomic E-state index is 9.98. The van der Waals surface area contributed by atoms with Crippen LogP contribution in [-0.2, 0) is 13.9 Å². The van der Waals surface area contributed by atoms with Gasteiger partial charge in [0.15, 0.2) is 0 Å². The first-order valence-electron chi connectivity index (χ1n) is 2.41. The van der Waals surface area contributed by atoms with E-state index in [-0.39, 0.29) is 40.4 Å². The van der Waals surface area contributed by atoms with Crippen molar-refractivity contribution >= 4 is 25.9 Å². The molecule has 0 rings (SSSR count). The van der Waals surface area contributed by atoms with E-state index in [9.17, 15) is 17.8 Å². The second kappa shape index (κ2) is 6.19.